The van der Waals surface area contributed by atoms with Crippen LogP contribution in [0.3, 0.4) is 0 Å². The standard InChI is InChI=1S/C26H24N2O/c1-26(2,3)20-16-23(28-24(17-20)21-11-4-5-13-25(21)29)19-10-8-9-18(15-19)22-12-6-7-14-27-22/h4-17,29H,1-3H3. The van der Waals surface area contributed by atoms with Gasteiger partial charge in [-0.2, -0.15) is 0 Å². The summed E-state index contributed by atoms with van der Waals surface area (Å²) >= 11 is 0. The highest BCUT2D eigenvalue weighted by Gasteiger charge is 2.18. The summed E-state index contributed by atoms with van der Waals surface area (Å²) in [4.78, 5) is 9.37. The summed E-state index contributed by atoms with van der Waals surface area (Å²) in [6, 6.07) is 25.7. The number of para-hydroxylation sites is 1. The van der Waals surface area contributed by atoms with E-state index >= 15 is 0 Å². The maximum Gasteiger partial charge on any atom is 0.124 e. The third-order valence-electron chi connectivity index (χ3n) is 4.99. The van der Waals surface area contributed by atoms with E-state index in [2.05, 4.69) is 56.1 Å². The van der Waals surface area contributed by atoms with Gasteiger partial charge in [0.2, 0.25) is 0 Å². The molecule has 0 saturated heterocycles. The van der Waals surface area contributed by atoms with Gasteiger partial charge in [-0.25, -0.2) is 4.98 Å². The van der Waals surface area contributed by atoms with E-state index in [1.165, 1.54) is 5.56 Å². The number of phenols is 1. The van der Waals surface area contributed by atoms with Crippen LogP contribution in [0, 0.1) is 0 Å². The Labute approximate surface area is 171 Å². The number of nitrogens with zero attached hydrogens (tertiary/aromatic N) is 2. The molecule has 29 heavy (non-hydrogen) atoms. The molecule has 2 aromatic carbocycles. The van der Waals surface area contributed by atoms with Gasteiger partial charge in [0.05, 0.1) is 17.1 Å². The van der Waals surface area contributed by atoms with E-state index < -0.39 is 0 Å². The van der Waals surface area contributed by atoms with Gasteiger partial charge in [-0.05, 0) is 53.4 Å². The Bertz CT molecular complexity index is 1140. The first-order valence-electron chi connectivity index (χ1n) is 9.74. The molecule has 2 heterocycles. The molecule has 4 rings (SSSR count). The molecule has 3 heteroatoms. The van der Waals surface area contributed by atoms with Crippen LogP contribution in [0.5, 0.6) is 5.75 Å². The Balaban J connectivity index is 1.88. The first-order chi connectivity index (χ1) is 13.9. The average molecular weight is 380 g/mol. The SMILES string of the molecule is CC(C)(C)c1cc(-c2cccc(-c3ccccn3)c2)nc(-c2ccccc2O)c1. The van der Waals surface area contributed by atoms with Crippen LogP contribution in [0.25, 0.3) is 33.8 Å². The number of benzene rings is 2. The molecular formula is C26H24N2O. The van der Waals surface area contributed by atoms with Gasteiger partial charge >= 0.3 is 0 Å². The smallest absolute Gasteiger partial charge is 0.124 e. The van der Waals surface area contributed by atoms with Crippen molar-refractivity contribution >= 4 is 0 Å². The van der Waals surface area contributed by atoms with E-state index in [1.807, 2.05) is 42.5 Å². The van der Waals surface area contributed by atoms with E-state index in [0.717, 1.165) is 33.8 Å². The lowest BCUT2D eigenvalue weighted by Gasteiger charge is -2.21. The van der Waals surface area contributed by atoms with Gasteiger partial charge in [0.25, 0.3) is 0 Å². The molecule has 4 aromatic rings. The topological polar surface area (TPSA) is 46.0 Å². The quantitative estimate of drug-likeness (QED) is 0.442. The van der Waals surface area contributed by atoms with Gasteiger partial charge in [-0.1, -0.05) is 57.2 Å². The van der Waals surface area contributed by atoms with Gasteiger partial charge in [-0.3, -0.25) is 4.98 Å². The van der Waals surface area contributed by atoms with Gasteiger partial charge in [0.1, 0.15) is 5.75 Å². The molecule has 0 bridgehead atoms. The maximum atomic E-state index is 10.4. The zero-order chi connectivity index (χ0) is 20.4. The number of aromatic nitrogens is 2. The third kappa shape index (κ3) is 4.04. The van der Waals surface area contributed by atoms with Crippen molar-refractivity contribution in [3.63, 3.8) is 0 Å². The number of rotatable bonds is 3. The zero-order valence-corrected chi connectivity index (χ0v) is 16.9. The first-order valence-corrected chi connectivity index (χ1v) is 9.74. The van der Waals surface area contributed by atoms with Crippen molar-refractivity contribution in [1.82, 2.24) is 9.97 Å². The fraction of sp³-hybridized carbons (Fsp3) is 0.154. The molecule has 1 N–H and O–H groups in total. The molecule has 0 saturated carbocycles. The molecule has 0 aliphatic carbocycles. The summed E-state index contributed by atoms with van der Waals surface area (Å²) in [6.07, 6.45) is 1.80. The van der Waals surface area contributed by atoms with E-state index in [9.17, 15) is 5.11 Å². The Morgan fingerprint density at radius 2 is 1.38 bits per heavy atom. The van der Waals surface area contributed by atoms with E-state index in [0.29, 0.717) is 0 Å². The van der Waals surface area contributed by atoms with Crippen LogP contribution in [0.15, 0.2) is 85.1 Å². The lowest BCUT2D eigenvalue weighted by molar-refractivity contribution is 0.477. The molecule has 0 radical (unpaired) electrons. The van der Waals surface area contributed by atoms with Crippen LogP contribution < -0.4 is 0 Å². The maximum absolute atomic E-state index is 10.4. The number of hydrogen-bond acceptors (Lipinski definition) is 3. The van der Waals surface area contributed by atoms with Crippen LogP contribution in [-0.4, -0.2) is 15.1 Å². The predicted octanol–water partition coefficient (Wildman–Crippen LogP) is 6.48. The zero-order valence-electron chi connectivity index (χ0n) is 16.9. The van der Waals surface area contributed by atoms with Crippen LogP contribution in [0.2, 0.25) is 0 Å². The normalized spacial score (nSPS) is 11.4. The first kappa shape index (κ1) is 18.9. The summed E-state index contributed by atoms with van der Waals surface area (Å²) in [5.74, 6) is 0.235. The largest absolute Gasteiger partial charge is 0.507 e. The molecule has 0 aliphatic rings. The highest BCUT2D eigenvalue weighted by Crippen LogP contribution is 2.34. The summed E-state index contributed by atoms with van der Waals surface area (Å²) in [5, 5.41) is 10.4. The van der Waals surface area contributed by atoms with E-state index in [-0.39, 0.29) is 11.2 Å². The minimum Gasteiger partial charge on any atom is -0.507 e. The number of pyridine rings is 2. The number of aromatic hydroxyl groups is 1. The fourth-order valence-corrected chi connectivity index (χ4v) is 3.31. The van der Waals surface area contributed by atoms with E-state index in [4.69, 9.17) is 4.98 Å². The summed E-state index contributed by atoms with van der Waals surface area (Å²) in [7, 11) is 0. The average Bonchev–Trinajstić information content (AvgIpc) is 2.74. The predicted molar refractivity (Wildman–Crippen MR) is 119 cm³/mol. The second-order valence-corrected chi connectivity index (χ2v) is 8.19. The summed E-state index contributed by atoms with van der Waals surface area (Å²) < 4.78 is 0. The van der Waals surface area contributed by atoms with Crippen LogP contribution in [0.1, 0.15) is 26.3 Å². The Kier molecular flexibility index (Phi) is 4.89. The Morgan fingerprint density at radius 3 is 2.07 bits per heavy atom. The van der Waals surface area contributed by atoms with Crippen molar-refractivity contribution in [1.29, 1.82) is 0 Å². The highest BCUT2D eigenvalue weighted by molar-refractivity contribution is 5.74. The number of phenolic OH excluding ortho intramolecular Hbond substituents is 1. The van der Waals surface area contributed by atoms with Crippen LogP contribution in [0.4, 0.5) is 0 Å². The summed E-state index contributed by atoms with van der Waals surface area (Å²) in [6.45, 7) is 6.56. The molecule has 0 spiro atoms. The number of hydrogen-bond donors (Lipinski definition) is 1. The Morgan fingerprint density at radius 1 is 0.690 bits per heavy atom. The molecule has 144 valence electrons. The molecular weight excluding hydrogens is 356 g/mol. The van der Waals surface area contributed by atoms with Crippen molar-refractivity contribution in [3.8, 4) is 39.5 Å². The van der Waals surface area contributed by atoms with Gasteiger partial charge < -0.3 is 5.11 Å². The molecule has 0 amide bonds. The minimum atomic E-state index is -0.0462. The lowest BCUT2D eigenvalue weighted by atomic mass is 9.85. The summed E-state index contributed by atoms with van der Waals surface area (Å²) in [5.41, 5.74) is 6.52. The minimum absolute atomic E-state index is 0.0462. The van der Waals surface area contributed by atoms with Crippen LogP contribution >= 0.6 is 0 Å². The van der Waals surface area contributed by atoms with Gasteiger partial charge in [0.15, 0.2) is 0 Å². The highest BCUT2D eigenvalue weighted by atomic mass is 16.3. The molecule has 0 unspecified atom stereocenters. The Hall–Kier alpha value is -3.46. The monoisotopic (exact) mass is 380 g/mol. The molecule has 0 atom stereocenters. The molecule has 3 nitrogen and oxygen atoms in total. The van der Waals surface area contributed by atoms with Gasteiger partial charge in [0, 0.05) is 22.9 Å². The van der Waals surface area contributed by atoms with Crippen molar-refractivity contribution in [2.45, 2.75) is 26.2 Å². The second-order valence-electron chi connectivity index (χ2n) is 8.19. The lowest BCUT2D eigenvalue weighted by Crippen LogP contribution is -2.12. The third-order valence-corrected chi connectivity index (χ3v) is 4.99. The molecule has 0 aliphatic heterocycles. The van der Waals surface area contributed by atoms with Crippen molar-refractivity contribution < 1.29 is 5.11 Å². The van der Waals surface area contributed by atoms with Crippen molar-refractivity contribution in [2.24, 2.45) is 0 Å². The fourth-order valence-electron chi connectivity index (χ4n) is 3.31. The van der Waals surface area contributed by atoms with Crippen LogP contribution in [-0.2, 0) is 5.41 Å². The molecule has 0 fully saturated rings. The van der Waals surface area contributed by atoms with E-state index in [1.54, 1.807) is 12.3 Å². The van der Waals surface area contributed by atoms with Crippen molar-refractivity contribution in [3.05, 3.63) is 90.6 Å². The second kappa shape index (κ2) is 7.51. The molecule has 2 aromatic heterocycles. The van der Waals surface area contributed by atoms with Gasteiger partial charge in [-0.15, -0.1) is 0 Å². The van der Waals surface area contributed by atoms with Crippen molar-refractivity contribution in [2.75, 3.05) is 0 Å².